The van der Waals surface area contributed by atoms with Gasteiger partial charge in [0.25, 0.3) is 0 Å². The van der Waals surface area contributed by atoms with E-state index in [9.17, 15) is 13.5 Å². The zero-order valence-corrected chi connectivity index (χ0v) is 15.6. The molecular formula is C19H28O4S. The summed E-state index contributed by atoms with van der Waals surface area (Å²) in [6.45, 7) is 6.42. The first-order valence-electron chi connectivity index (χ1n) is 8.79. The summed E-state index contributed by atoms with van der Waals surface area (Å²) in [5.41, 5.74) is -0.547. The second-order valence-electron chi connectivity index (χ2n) is 8.19. The Morgan fingerprint density at radius 2 is 1.79 bits per heavy atom. The molecule has 2 aliphatic rings. The van der Waals surface area contributed by atoms with Crippen molar-refractivity contribution >= 4 is 9.84 Å². The molecule has 4 nitrogen and oxygen atoms in total. The maximum absolute atomic E-state index is 12.6. The lowest BCUT2D eigenvalue weighted by molar-refractivity contribution is -0.239. The lowest BCUT2D eigenvalue weighted by Gasteiger charge is -2.56. The summed E-state index contributed by atoms with van der Waals surface area (Å²) in [6.07, 6.45) is 2.42. The van der Waals surface area contributed by atoms with Crippen molar-refractivity contribution < 1.29 is 18.3 Å². The van der Waals surface area contributed by atoms with Gasteiger partial charge in [0, 0.05) is 0 Å². The number of hydrogen-bond acceptors (Lipinski definition) is 4. The molecule has 134 valence electrons. The second-order valence-corrected chi connectivity index (χ2v) is 10.2. The molecule has 0 unspecified atom stereocenters. The molecule has 0 bridgehead atoms. The average molecular weight is 352 g/mol. The summed E-state index contributed by atoms with van der Waals surface area (Å²) in [5, 5.41) is 10.6. The van der Waals surface area contributed by atoms with Crippen molar-refractivity contribution in [3.05, 3.63) is 30.3 Å². The molecule has 5 heteroatoms. The number of aliphatic hydroxyl groups is 1. The molecule has 1 aromatic carbocycles. The van der Waals surface area contributed by atoms with Gasteiger partial charge in [0.15, 0.2) is 9.84 Å². The van der Waals surface area contributed by atoms with Crippen LogP contribution in [0.3, 0.4) is 0 Å². The molecule has 1 aromatic rings. The zero-order chi connectivity index (χ0) is 17.6. The van der Waals surface area contributed by atoms with Crippen LogP contribution in [-0.2, 0) is 14.6 Å². The lowest BCUT2D eigenvalue weighted by Crippen LogP contribution is -2.61. The molecule has 0 spiro atoms. The summed E-state index contributed by atoms with van der Waals surface area (Å²) in [6, 6.07) is 8.53. The van der Waals surface area contributed by atoms with Crippen LogP contribution in [0.1, 0.15) is 46.5 Å². The van der Waals surface area contributed by atoms with Crippen molar-refractivity contribution in [2.45, 2.75) is 69.2 Å². The number of fused-ring (bicyclic) bond motifs is 1. The molecular weight excluding hydrogens is 324 g/mol. The quantitative estimate of drug-likeness (QED) is 0.907. The Bertz CT molecular complexity index is 683. The van der Waals surface area contributed by atoms with E-state index in [2.05, 4.69) is 13.8 Å². The fraction of sp³-hybridized carbons (Fsp3) is 0.684. The summed E-state index contributed by atoms with van der Waals surface area (Å²) in [4.78, 5) is 0.338. The summed E-state index contributed by atoms with van der Waals surface area (Å²) < 4.78 is 31.5. The van der Waals surface area contributed by atoms with Crippen LogP contribution >= 0.6 is 0 Å². The predicted molar refractivity (Wildman–Crippen MR) is 93.5 cm³/mol. The van der Waals surface area contributed by atoms with Gasteiger partial charge in [-0.25, -0.2) is 8.42 Å². The standard InChI is InChI=1S/C19H28O4S/c1-18(2)12-11-17(20)19(3)16(18)10-9-14(23-19)13-24(21,22)15-7-5-4-6-8-15/h4-8,14,16-17,20H,9-13H2,1-3H3/t14-,16+,17+,19+/m0/s1. The van der Waals surface area contributed by atoms with E-state index in [4.69, 9.17) is 4.74 Å². The van der Waals surface area contributed by atoms with E-state index in [0.29, 0.717) is 11.3 Å². The Morgan fingerprint density at radius 3 is 2.46 bits per heavy atom. The van der Waals surface area contributed by atoms with E-state index < -0.39 is 21.5 Å². The molecule has 0 aromatic heterocycles. The average Bonchev–Trinajstić information content (AvgIpc) is 2.52. The molecule has 2 fully saturated rings. The van der Waals surface area contributed by atoms with Crippen LogP contribution in [0.15, 0.2) is 35.2 Å². The Kier molecular flexibility index (Phi) is 4.56. The molecule has 1 saturated carbocycles. The predicted octanol–water partition coefficient (Wildman–Crippen LogP) is 3.20. The van der Waals surface area contributed by atoms with Gasteiger partial charge in [0.05, 0.1) is 28.5 Å². The Labute approximate surface area is 145 Å². The Hall–Kier alpha value is -0.910. The molecule has 0 radical (unpaired) electrons. The molecule has 3 rings (SSSR count). The summed E-state index contributed by atoms with van der Waals surface area (Å²) in [7, 11) is -3.38. The summed E-state index contributed by atoms with van der Waals surface area (Å²) in [5.74, 6) is 0.233. The lowest BCUT2D eigenvalue weighted by atomic mass is 9.58. The fourth-order valence-electron chi connectivity index (χ4n) is 4.67. The number of benzene rings is 1. The molecule has 1 saturated heterocycles. The highest BCUT2D eigenvalue weighted by molar-refractivity contribution is 7.91. The van der Waals surface area contributed by atoms with Crippen molar-refractivity contribution in [2.24, 2.45) is 11.3 Å². The topological polar surface area (TPSA) is 63.6 Å². The number of sulfone groups is 1. The van der Waals surface area contributed by atoms with Crippen LogP contribution in [-0.4, -0.2) is 37.1 Å². The van der Waals surface area contributed by atoms with Gasteiger partial charge in [-0.15, -0.1) is 0 Å². The van der Waals surface area contributed by atoms with Crippen molar-refractivity contribution in [3.63, 3.8) is 0 Å². The maximum atomic E-state index is 12.6. The fourth-order valence-corrected chi connectivity index (χ4v) is 6.16. The van der Waals surface area contributed by atoms with Crippen LogP contribution in [0.5, 0.6) is 0 Å². The van der Waals surface area contributed by atoms with E-state index in [0.717, 1.165) is 19.3 Å². The number of aliphatic hydroxyl groups excluding tert-OH is 1. The van der Waals surface area contributed by atoms with E-state index in [1.807, 2.05) is 13.0 Å². The van der Waals surface area contributed by atoms with E-state index in [-0.39, 0.29) is 23.2 Å². The van der Waals surface area contributed by atoms with Crippen molar-refractivity contribution in [1.82, 2.24) is 0 Å². The zero-order valence-electron chi connectivity index (χ0n) is 14.7. The van der Waals surface area contributed by atoms with Crippen LogP contribution in [0, 0.1) is 11.3 Å². The largest absolute Gasteiger partial charge is 0.390 e. The third-order valence-electron chi connectivity index (χ3n) is 6.06. The van der Waals surface area contributed by atoms with E-state index in [1.165, 1.54) is 0 Å². The van der Waals surface area contributed by atoms with Gasteiger partial charge < -0.3 is 9.84 Å². The molecule has 0 amide bonds. The minimum atomic E-state index is -3.38. The number of rotatable bonds is 3. The van der Waals surface area contributed by atoms with Gasteiger partial charge in [0.1, 0.15) is 0 Å². The molecule has 24 heavy (non-hydrogen) atoms. The molecule has 4 atom stereocenters. The van der Waals surface area contributed by atoms with Crippen LogP contribution in [0.25, 0.3) is 0 Å². The molecule has 1 aliphatic carbocycles. The van der Waals surface area contributed by atoms with Crippen molar-refractivity contribution in [1.29, 1.82) is 0 Å². The Morgan fingerprint density at radius 1 is 1.12 bits per heavy atom. The van der Waals surface area contributed by atoms with Gasteiger partial charge in [-0.2, -0.15) is 0 Å². The van der Waals surface area contributed by atoms with Gasteiger partial charge >= 0.3 is 0 Å². The van der Waals surface area contributed by atoms with Crippen molar-refractivity contribution in [2.75, 3.05) is 5.75 Å². The van der Waals surface area contributed by atoms with Gasteiger partial charge in [0.2, 0.25) is 0 Å². The smallest absolute Gasteiger partial charge is 0.180 e. The van der Waals surface area contributed by atoms with Crippen LogP contribution < -0.4 is 0 Å². The first-order chi connectivity index (χ1) is 11.2. The highest BCUT2D eigenvalue weighted by atomic mass is 32.2. The third kappa shape index (κ3) is 3.14. The van der Waals surface area contributed by atoms with Gasteiger partial charge in [-0.3, -0.25) is 0 Å². The Balaban J connectivity index is 1.79. The molecule has 1 N–H and O–H groups in total. The maximum Gasteiger partial charge on any atom is 0.180 e. The van der Waals surface area contributed by atoms with Gasteiger partial charge in [-0.1, -0.05) is 32.0 Å². The second kappa shape index (κ2) is 6.11. The van der Waals surface area contributed by atoms with Crippen molar-refractivity contribution in [3.8, 4) is 0 Å². The minimum absolute atomic E-state index is 0.0214. The molecule has 1 heterocycles. The monoisotopic (exact) mass is 352 g/mol. The minimum Gasteiger partial charge on any atom is -0.390 e. The first kappa shape index (κ1) is 17.9. The van der Waals surface area contributed by atoms with E-state index in [1.54, 1.807) is 24.3 Å². The third-order valence-corrected chi connectivity index (χ3v) is 7.87. The number of hydrogen-bond donors (Lipinski definition) is 1. The highest BCUT2D eigenvalue weighted by Crippen LogP contribution is 2.53. The van der Waals surface area contributed by atoms with Crippen LogP contribution in [0.4, 0.5) is 0 Å². The van der Waals surface area contributed by atoms with E-state index >= 15 is 0 Å². The first-order valence-corrected chi connectivity index (χ1v) is 10.4. The van der Waals surface area contributed by atoms with Crippen LogP contribution in [0.2, 0.25) is 0 Å². The molecule has 1 aliphatic heterocycles. The highest BCUT2D eigenvalue weighted by Gasteiger charge is 2.55. The summed E-state index contributed by atoms with van der Waals surface area (Å²) >= 11 is 0. The normalized spacial score (nSPS) is 36.1. The number of ether oxygens (including phenoxy) is 1. The van der Waals surface area contributed by atoms with Gasteiger partial charge in [-0.05, 0) is 56.1 Å². The SMILES string of the molecule is CC1(C)CC[C@@H](O)[C@]2(C)O[C@H](CS(=O)(=O)c3ccccc3)CC[C@H]12.